The summed E-state index contributed by atoms with van der Waals surface area (Å²) in [4.78, 5) is 12.5. The summed E-state index contributed by atoms with van der Waals surface area (Å²) >= 11 is 0. The highest BCUT2D eigenvalue weighted by atomic mass is 32.2. The first kappa shape index (κ1) is 22.9. The average molecular weight is 449 g/mol. The molecule has 1 heterocycles. The van der Waals surface area contributed by atoms with Crippen molar-refractivity contribution in [1.82, 2.24) is 4.31 Å². The predicted octanol–water partition coefficient (Wildman–Crippen LogP) is 2.74. The van der Waals surface area contributed by atoms with E-state index in [1.165, 1.54) is 11.4 Å². The molecule has 0 spiro atoms. The lowest BCUT2D eigenvalue weighted by molar-refractivity contribution is -0.123. The molecule has 9 heteroatoms. The molecule has 8 nitrogen and oxygen atoms in total. The van der Waals surface area contributed by atoms with Crippen LogP contribution in [0.2, 0.25) is 0 Å². The SMILES string of the molecule is COc1cc(C)c(S(=O)(=O)N(Cc2ccc3c(c2)OCO3)[C@@H](C(N)=O)C(C)C)c(C)c1. The number of aryl methyl sites for hydroxylation is 2. The van der Waals surface area contributed by atoms with Crippen LogP contribution in [0.25, 0.3) is 0 Å². The molecule has 0 fully saturated rings. The Labute approximate surface area is 182 Å². The Balaban J connectivity index is 2.13. The number of rotatable bonds is 8. The number of sulfonamides is 1. The zero-order valence-electron chi connectivity index (χ0n) is 18.3. The van der Waals surface area contributed by atoms with Crippen LogP contribution in [-0.4, -0.2) is 38.6 Å². The highest BCUT2D eigenvalue weighted by Gasteiger charge is 2.38. The van der Waals surface area contributed by atoms with Crippen LogP contribution < -0.4 is 19.9 Å². The topological polar surface area (TPSA) is 108 Å². The number of hydrogen-bond acceptors (Lipinski definition) is 6. The minimum Gasteiger partial charge on any atom is -0.497 e. The first-order valence-electron chi connectivity index (χ1n) is 9.91. The minimum atomic E-state index is -4.08. The van der Waals surface area contributed by atoms with Crippen LogP contribution in [0.15, 0.2) is 35.2 Å². The van der Waals surface area contributed by atoms with Gasteiger partial charge in [-0.3, -0.25) is 4.79 Å². The van der Waals surface area contributed by atoms with Gasteiger partial charge in [0.15, 0.2) is 11.5 Å². The molecule has 2 aromatic rings. The second-order valence-electron chi connectivity index (χ2n) is 7.92. The van der Waals surface area contributed by atoms with E-state index in [1.807, 2.05) is 0 Å². The zero-order chi connectivity index (χ0) is 22.9. The fourth-order valence-electron chi connectivity index (χ4n) is 3.91. The Kier molecular flexibility index (Phi) is 6.47. The van der Waals surface area contributed by atoms with E-state index >= 15 is 0 Å². The van der Waals surface area contributed by atoms with Crippen molar-refractivity contribution in [3.63, 3.8) is 0 Å². The molecule has 1 aliphatic heterocycles. The fourth-order valence-corrected chi connectivity index (χ4v) is 6.04. The number of primary amides is 1. The van der Waals surface area contributed by atoms with Gasteiger partial charge in [-0.2, -0.15) is 4.31 Å². The van der Waals surface area contributed by atoms with Crippen LogP contribution in [-0.2, 0) is 21.4 Å². The monoisotopic (exact) mass is 448 g/mol. The van der Waals surface area contributed by atoms with Gasteiger partial charge in [0.05, 0.1) is 12.0 Å². The summed E-state index contributed by atoms with van der Waals surface area (Å²) in [5.74, 6) is 0.650. The summed E-state index contributed by atoms with van der Waals surface area (Å²) in [6.45, 7) is 7.01. The Morgan fingerprint density at radius 3 is 2.29 bits per heavy atom. The summed E-state index contributed by atoms with van der Waals surface area (Å²) < 4.78 is 45.0. The number of methoxy groups -OCH3 is 1. The molecule has 0 saturated carbocycles. The van der Waals surface area contributed by atoms with Crippen molar-refractivity contribution in [2.45, 2.75) is 45.2 Å². The predicted molar refractivity (Wildman–Crippen MR) is 116 cm³/mol. The van der Waals surface area contributed by atoms with Gasteiger partial charge in [0.2, 0.25) is 22.7 Å². The molecule has 1 amide bonds. The van der Waals surface area contributed by atoms with Crippen LogP contribution >= 0.6 is 0 Å². The molecule has 0 radical (unpaired) electrons. The smallest absolute Gasteiger partial charge is 0.244 e. The molecule has 31 heavy (non-hydrogen) atoms. The van der Waals surface area contributed by atoms with E-state index in [0.29, 0.717) is 33.9 Å². The van der Waals surface area contributed by atoms with Crippen molar-refractivity contribution in [2.75, 3.05) is 13.9 Å². The molecule has 3 rings (SSSR count). The van der Waals surface area contributed by atoms with Crippen molar-refractivity contribution in [1.29, 1.82) is 0 Å². The lowest BCUT2D eigenvalue weighted by Crippen LogP contribution is -2.50. The summed E-state index contributed by atoms with van der Waals surface area (Å²) in [5.41, 5.74) is 7.38. The van der Waals surface area contributed by atoms with Crippen molar-refractivity contribution < 1.29 is 27.4 Å². The van der Waals surface area contributed by atoms with Crippen LogP contribution in [0, 0.1) is 19.8 Å². The largest absolute Gasteiger partial charge is 0.497 e. The molecule has 2 aromatic carbocycles. The third-order valence-electron chi connectivity index (χ3n) is 5.24. The van der Waals surface area contributed by atoms with Crippen LogP contribution in [0.5, 0.6) is 17.2 Å². The third kappa shape index (κ3) is 4.47. The lowest BCUT2D eigenvalue weighted by Gasteiger charge is -2.32. The van der Waals surface area contributed by atoms with Gasteiger partial charge in [-0.1, -0.05) is 19.9 Å². The van der Waals surface area contributed by atoms with Gasteiger partial charge < -0.3 is 19.9 Å². The number of carbonyl (C=O) groups is 1. The third-order valence-corrected chi connectivity index (χ3v) is 7.38. The van der Waals surface area contributed by atoms with Gasteiger partial charge in [0.1, 0.15) is 11.8 Å². The maximum Gasteiger partial charge on any atom is 0.244 e. The van der Waals surface area contributed by atoms with Crippen molar-refractivity contribution in [3.8, 4) is 17.2 Å². The Hall–Kier alpha value is -2.78. The average Bonchev–Trinajstić information content (AvgIpc) is 3.13. The lowest BCUT2D eigenvalue weighted by atomic mass is 10.0. The number of nitrogens with zero attached hydrogens (tertiary/aromatic N) is 1. The van der Waals surface area contributed by atoms with E-state index in [-0.39, 0.29) is 24.2 Å². The molecule has 168 valence electrons. The molecule has 0 aromatic heterocycles. The summed E-state index contributed by atoms with van der Waals surface area (Å²) in [6, 6.07) is 7.48. The number of ether oxygens (including phenoxy) is 3. The minimum absolute atomic E-state index is 0.0460. The van der Waals surface area contributed by atoms with E-state index in [9.17, 15) is 13.2 Å². The van der Waals surface area contributed by atoms with E-state index < -0.39 is 22.0 Å². The van der Waals surface area contributed by atoms with Crippen LogP contribution in [0.3, 0.4) is 0 Å². The number of benzene rings is 2. The van der Waals surface area contributed by atoms with E-state index in [4.69, 9.17) is 19.9 Å². The summed E-state index contributed by atoms with van der Waals surface area (Å²) in [5, 5.41) is 0. The van der Waals surface area contributed by atoms with Gasteiger partial charge in [0, 0.05) is 6.54 Å². The van der Waals surface area contributed by atoms with Crippen LogP contribution in [0.4, 0.5) is 0 Å². The highest BCUT2D eigenvalue weighted by molar-refractivity contribution is 7.89. The molecule has 0 saturated heterocycles. The molecule has 1 aliphatic rings. The first-order valence-corrected chi connectivity index (χ1v) is 11.3. The number of hydrogen-bond donors (Lipinski definition) is 1. The van der Waals surface area contributed by atoms with Gasteiger partial charge in [-0.15, -0.1) is 0 Å². The quantitative estimate of drug-likeness (QED) is 0.665. The van der Waals surface area contributed by atoms with Crippen molar-refractivity contribution >= 4 is 15.9 Å². The van der Waals surface area contributed by atoms with Crippen molar-refractivity contribution in [3.05, 3.63) is 47.0 Å². The maximum atomic E-state index is 13.9. The van der Waals surface area contributed by atoms with Crippen LogP contribution in [0.1, 0.15) is 30.5 Å². The molecule has 0 bridgehead atoms. The maximum absolute atomic E-state index is 13.9. The highest BCUT2D eigenvalue weighted by Crippen LogP contribution is 2.35. The molecule has 0 aliphatic carbocycles. The van der Waals surface area contributed by atoms with Gasteiger partial charge in [0.25, 0.3) is 0 Å². The summed E-state index contributed by atoms with van der Waals surface area (Å²) in [7, 11) is -2.56. The number of fused-ring (bicyclic) bond motifs is 1. The molecule has 2 N–H and O–H groups in total. The standard InChI is InChI=1S/C22H28N2O6S/c1-13(2)20(22(23)25)24(11-16-6-7-18-19(10-16)30-12-29-18)31(26,27)21-14(3)8-17(28-5)9-15(21)4/h6-10,13,20H,11-12H2,1-5H3,(H2,23,25)/t20-/m1/s1. The molecular weight excluding hydrogens is 420 g/mol. The van der Waals surface area contributed by atoms with Gasteiger partial charge in [-0.25, -0.2) is 8.42 Å². The van der Waals surface area contributed by atoms with E-state index in [1.54, 1.807) is 58.0 Å². The number of nitrogens with two attached hydrogens (primary N) is 1. The second-order valence-corrected chi connectivity index (χ2v) is 9.75. The van der Waals surface area contributed by atoms with E-state index in [0.717, 1.165) is 0 Å². The zero-order valence-corrected chi connectivity index (χ0v) is 19.2. The Morgan fingerprint density at radius 1 is 1.13 bits per heavy atom. The fraction of sp³-hybridized carbons (Fsp3) is 0.409. The van der Waals surface area contributed by atoms with Gasteiger partial charge >= 0.3 is 0 Å². The normalized spacial score (nSPS) is 14.2. The molecule has 1 atom stereocenters. The second kappa shape index (κ2) is 8.76. The molecular formula is C22H28N2O6S. The summed E-state index contributed by atoms with van der Waals surface area (Å²) in [6.07, 6.45) is 0. The van der Waals surface area contributed by atoms with Gasteiger partial charge in [-0.05, 0) is 60.7 Å². The molecule has 0 unspecified atom stereocenters. The number of carbonyl (C=O) groups excluding carboxylic acids is 1. The Bertz CT molecular complexity index is 1070. The Morgan fingerprint density at radius 2 is 1.74 bits per heavy atom. The first-order chi connectivity index (χ1) is 14.6. The van der Waals surface area contributed by atoms with Crippen molar-refractivity contribution in [2.24, 2.45) is 11.7 Å². The van der Waals surface area contributed by atoms with E-state index in [2.05, 4.69) is 0 Å². The number of amides is 1.